The summed E-state index contributed by atoms with van der Waals surface area (Å²) in [7, 11) is -3.19. The molecule has 2 N–H and O–H groups in total. The third-order valence-electron chi connectivity index (χ3n) is 3.03. The number of rotatable bonds is 11. The fraction of sp³-hybridized carbons (Fsp3) is 1.00. The standard InChI is InChI=1S/C12H26N2O3S/c1-3-13-9-11(2)18(15,16)14-7-4-8-17-10-12-5-6-12/h11-14H,3-10H2,1-2H3. The molecule has 1 fully saturated rings. The Kier molecular flexibility index (Phi) is 7.14. The first-order valence-corrected chi connectivity index (χ1v) is 8.37. The van der Waals surface area contributed by atoms with Gasteiger partial charge in [-0.1, -0.05) is 6.92 Å². The van der Waals surface area contributed by atoms with Crippen molar-refractivity contribution >= 4 is 10.0 Å². The van der Waals surface area contributed by atoms with Gasteiger partial charge in [0.05, 0.1) is 5.25 Å². The zero-order chi connectivity index (χ0) is 13.4. The van der Waals surface area contributed by atoms with E-state index in [0.29, 0.717) is 19.7 Å². The van der Waals surface area contributed by atoms with Crippen LogP contribution in [0.4, 0.5) is 0 Å². The predicted molar refractivity (Wildman–Crippen MR) is 73.1 cm³/mol. The smallest absolute Gasteiger partial charge is 0.215 e. The Morgan fingerprint density at radius 2 is 2.11 bits per heavy atom. The van der Waals surface area contributed by atoms with E-state index >= 15 is 0 Å². The maximum Gasteiger partial charge on any atom is 0.215 e. The van der Waals surface area contributed by atoms with Crippen molar-refractivity contribution in [2.24, 2.45) is 5.92 Å². The van der Waals surface area contributed by atoms with E-state index in [4.69, 9.17) is 4.74 Å². The molecule has 0 radical (unpaired) electrons. The molecule has 0 aromatic heterocycles. The summed E-state index contributed by atoms with van der Waals surface area (Å²) in [5, 5.41) is 2.64. The number of sulfonamides is 1. The molecule has 18 heavy (non-hydrogen) atoms. The first-order valence-electron chi connectivity index (χ1n) is 6.83. The van der Waals surface area contributed by atoms with Crippen molar-refractivity contribution in [1.29, 1.82) is 0 Å². The number of hydrogen-bond donors (Lipinski definition) is 2. The fourth-order valence-corrected chi connectivity index (χ4v) is 2.57. The quantitative estimate of drug-likeness (QED) is 0.547. The van der Waals surface area contributed by atoms with Gasteiger partial charge in [-0.05, 0) is 38.6 Å². The minimum absolute atomic E-state index is 0.398. The van der Waals surface area contributed by atoms with Crippen LogP contribution in [0.5, 0.6) is 0 Å². The van der Waals surface area contributed by atoms with Gasteiger partial charge in [0.25, 0.3) is 0 Å². The topological polar surface area (TPSA) is 67.4 Å². The summed E-state index contributed by atoms with van der Waals surface area (Å²) in [4.78, 5) is 0. The van der Waals surface area contributed by atoms with Crippen LogP contribution in [0, 0.1) is 5.92 Å². The third-order valence-corrected chi connectivity index (χ3v) is 4.86. The van der Waals surface area contributed by atoms with Crippen LogP contribution in [0.3, 0.4) is 0 Å². The minimum atomic E-state index is -3.19. The van der Waals surface area contributed by atoms with Crippen LogP contribution in [0.15, 0.2) is 0 Å². The highest BCUT2D eigenvalue weighted by Gasteiger charge is 2.21. The molecule has 0 saturated heterocycles. The van der Waals surface area contributed by atoms with E-state index in [2.05, 4.69) is 10.0 Å². The molecule has 0 aromatic rings. The fourth-order valence-electron chi connectivity index (χ4n) is 1.52. The van der Waals surface area contributed by atoms with Crippen LogP contribution in [-0.4, -0.2) is 46.5 Å². The summed E-state index contributed by atoms with van der Waals surface area (Å²) < 4.78 is 31.7. The average molecular weight is 278 g/mol. The lowest BCUT2D eigenvalue weighted by Gasteiger charge is -2.14. The highest BCUT2D eigenvalue weighted by atomic mass is 32.2. The number of hydrogen-bond acceptors (Lipinski definition) is 4. The summed E-state index contributed by atoms with van der Waals surface area (Å²) >= 11 is 0. The second-order valence-electron chi connectivity index (χ2n) is 4.93. The molecule has 108 valence electrons. The molecular weight excluding hydrogens is 252 g/mol. The van der Waals surface area contributed by atoms with E-state index in [9.17, 15) is 8.42 Å². The Labute approximate surface area is 111 Å². The van der Waals surface area contributed by atoms with Gasteiger partial charge in [-0.2, -0.15) is 0 Å². The average Bonchev–Trinajstić information content (AvgIpc) is 3.14. The first-order chi connectivity index (χ1) is 8.56. The Balaban J connectivity index is 2.04. The molecule has 0 amide bonds. The molecule has 1 saturated carbocycles. The van der Waals surface area contributed by atoms with Gasteiger partial charge < -0.3 is 10.1 Å². The van der Waals surface area contributed by atoms with Crippen molar-refractivity contribution in [3.05, 3.63) is 0 Å². The van der Waals surface area contributed by atoms with Crippen molar-refractivity contribution in [2.75, 3.05) is 32.8 Å². The summed E-state index contributed by atoms with van der Waals surface area (Å²) in [6.07, 6.45) is 3.31. The van der Waals surface area contributed by atoms with Gasteiger partial charge in [0.1, 0.15) is 0 Å². The molecule has 0 aliphatic heterocycles. The summed E-state index contributed by atoms with van der Waals surface area (Å²) in [5.41, 5.74) is 0. The normalized spacial score (nSPS) is 17.9. The maximum absolute atomic E-state index is 11.8. The number of nitrogens with one attached hydrogen (secondary N) is 2. The molecule has 1 rings (SSSR count). The van der Waals surface area contributed by atoms with Gasteiger partial charge in [0.2, 0.25) is 10.0 Å². The minimum Gasteiger partial charge on any atom is -0.381 e. The zero-order valence-corrected chi connectivity index (χ0v) is 12.3. The van der Waals surface area contributed by atoms with Gasteiger partial charge in [-0.25, -0.2) is 13.1 Å². The van der Waals surface area contributed by atoms with E-state index in [0.717, 1.165) is 25.5 Å². The molecule has 0 aromatic carbocycles. The number of ether oxygens (including phenoxy) is 1. The molecule has 6 heteroatoms. The summed E-state index contributed by atoms with van der Waals surface area (Å²) in [6, 6.07) is 0. The van der Waals surface area contributed by atoms with Gasteiger partial charge >= 0.3 is 0 Å². The van der Waals surface area contributed by atoms with Crippen LogP contribution in [0.1, 0.15) is 33.1 Å². The monoisotopic (exact) mass is 278 g/mol. The SMILES string of the molecule is CCNCC(C)S(=O)(=O)NCCCOCC1CC1. The van der Waals surface area contributed by atoms with E-state index < -0.39 is 15.3 Å². The van der Waals surface area contributed by atoms with Gasteiger partial charge in [0, 0.05) is 26.3 Å². The second kappa shape index (κ2) is 8.09. The highest BCUT2D eigenvalue weighted by Crippen LogP contribution is 2.28. The lowest BCUT2D eigenvalue weighted by atomic mass is 10.4. The molecule has 0 spiro atoms. The van der Waals surface area contributed by atoms with Crippen LogP contribution < -0.4 is 10.0 Å². The lowest BCUT2D eigenvalue weighted by Crippen LogP contribution is -2.39. The summed E-state index contributed by atoms with van der Waals surface area (Å²) in [5.74, 6) is 0.766. The molecular formula is C12H26N2O3S. The Bertz CT molecular complexity index is 315. The van der Waals surface area contributed by atoms with Crippen molar-refractivity contribution in [3.8, 4) is 0 Å². The second-order valence-corrected chi connectivity index (χ2v) is 7.11. The molecule has 1 aliphatic carbocycles. The molecule has 5 nitrogen and oxygen atoms in total. The molecule has 1 atom stereocenters. The third kappa shape index (κ3) is 6.68. The summed E-state index contributed by atoms with van der Waals surface area (Å²) in [6.45, 7) is 6.89. The van der Waals surface area contributed by atoms with Gasteiger partial charge in [-0.3, -0.25) is 0 Å². The predicted octanol–water partition coefficient (Wildman–Crippen LogP) is 0.721. The van der Waals surface area contributed by atoms with Crippen LogP contribution in [0.25, 0.3) is 0 Å². The first kappa shape index (κ1) is 15.9. The maximum atomic E-state index is 11.8. The van der Waals surface area contributed by atoms with Gasteiger partial charge in [-0.15, -0.1) is 0 Å². The van der Waals surface area contributed by atoms with E-state index in [1.54, 1.807) is 6.92 Å². The largest absolute Gasteiger partial charge is 0.381 e. The van der Waals surface area contributed by atoms with E-state index in [1.807, 2.05) is 6.92 Å². The molecule has 1 aliphatic rings. The van der Waals surface area contributed by atoms with Crippen LogP contribution in [-0.2, 0) is 14.8 Å². The Morgan fingerprint density at radius 3 is 2.72 bits per heavy atom. The van der Waals surface area contributed by atoms with Crippen molar-refractivity contribution in [2.45, 2.75) is 38.4 Å². The molecule has 0 heterocycles. The van der Waals surface area contributed by atoms with Crippen LogP contribution in [0.2, 0.25) is 0 Å². The molecule has 1 unspecified atom stereocenters. The van der Waals surface area contributed by atoms with Crippen molar-refractivity contribution < 1.29 is 13.2 Å². The Morgan fingerprint density at radius 1 is 1.39 bits per heavy atom. The Hall–Kier alpha value is -0.170. The van der Waals surface area contributed by atoms with E-state index in [-0.39, 0.29) is 0 Å². The van der Waals surface area contributed by atoms with E-state index in [1.165, 1.54) is 12.8 Å². The molecule has 0 bridgehead atoms. The van der Waals surface area contributed by atoms with Gasteiger partial charge in [0.15, 0.2) is 0 Å². The highest BCUT2D eigenvalue weighted by molar-refractivity contribution is 7.90. The van der Waals surface area contributed by atoms with Crippen molar-refractivity contribution in [3.63, 3.8) is 0 Å². The zero-order valence-electron chi connectivity index (χ0n) is 11.4. The van der Waals surface area contributed by atoms with Crippen LogP contribution >= 0.6 is 0 Å². The van der Waals surface area contributed by atoms with Crippen molar-refractivity contribution in [1.82, 2.24) is 10.0 Å². The lowest BCUT2D eigenvalue weighted by molar-refractivity contribution is 0.123.